The topological polar surface area (TPSA) is 41.1 Å². The van der Waals surface area contributed by atoms with E-state index in [2.05, 4.69) is 16.6 Å². The quantitative estimate of drug-likeness (QED) is 0.845. The zero-order chi connectivity index (χ0) is 14.4. The summed E-state index contributed by atoms with van der Waals surface area (Å²) in [6, 6.07) is 14.4. The molecule has 0 unspecified atom stereocenters. The number of benzene rings is 2. The number of hydrogen-bond acceptors (Lipinski definition) is 2. The fourth-order valence-electron chi connectivity index (χ4n) is 1.66. The largest absolute Gasteiger partial charge is 0.376 e. The molecule has 20 heavy (non-hydrogen) atoms. The van der Waals surface area contributed by atoms with E-state index in [0.717, 1.165) is 11.3 Å². The number of anilines is 2. The molecule has 0 bridgehead atoms. The Hall–Kier alpha value is -2.44. The zero-order valence-electron chi connectivity index (χ0n) is 10.7. The van der Waals surface area contributed by atoms with Gasteiger partial charge >= 0.3 is 0 Å². The highest BCUT2D eigenvalue weighted by atomic mass is 35.5. The van der Waals surface area contributed by atoms with E-state index in [1.54, 1.807) is 12.1 Å². The molecule has 0 aliphatic carbocycles. The maximum Gasteiger partial charge on any atom is 0.243 e. The number of rotatable bonds is 4. The van der Waals surface area contributed by atoms with Gasteiger partial charge in [0.25, 0.3) is 0 Å². The minimum atomic E-state index is -0.177. The van der Waals surface area contributed by atoms with Crippen LogP contribution in [-0.2, 0) is 4.79 Å². The maximum absolute atomic E-state index is 11.8. The smallest absolute Gasteiger partial charge is 0.243 e. The molecule has 0 aromatic heterocycles. The first-order valence-corrected chi connectivity index (χ1v) is 6.42. The van der Waals surface area contributed by atoms with Gasteiger partial charge in [-0.25, -0.2) is 0 Å². The molecule has 0 saturated carbocycles. The van der Waals surface area contributed by atoms with Crippen LogP contribution in [-0.4, -0.2) is 12.5 Å². The second kappa shape index (κ2) is 6.65. The van der Waals surface area contributed by atoms with Crippen molar-refractivity contribution < 1.29 is 4.79 Å². The molecule has 0 fully saturated rings. The molecule has 4 heteroatoms. The van der Waals surface area contributed by atoms with Gasteiger partial charge in [-0.15, -0.1) is 6.42 Å². The van der Waals surface area contributed by atoms with Crippen LogP contribution in [0, 0.1) is 12.3 Å². The highest BCUT2D eigenvalue weighted by Gasteiger charge is 2.05. The Labute approximate surface area is 123 Å². The third-order valence-corrected chi connectivity index (χ3v) is 2.96. The van der Waals surface area contributed by atoms with E-state index < -0.39 is 0 Å². The summed E-state index contributed by atoms with van der Waals surface area (Å²) in [5, 5.41) is 6.25. The molecule has 0 spiro atoms. The highest BCUT2D eigenvalue weighted by Crippen LogP contribution is 2.20. The third kappa shape index (κ3) is 3.78. The van der Waals surface area contributed by atoms with E-state index in [1.807, 2.05) is 36.4 Å². The summed E-state index contributed by atoms with van der Waals surface area (Å²) in [7, 11) is 0. The van der Waals surface area contributed by atoms with Crippen LogP contribution in [0.2, 0.25) is 5.02 Å². The van der Waals surface area contributed by atoms with Gasteiger partial charge in [0.2, 0.25) is 5.91 Å². The van der Waals surface area contributed by atoms with Gasteiger partial charge in [0.1, 0.15) is 0 Å². The first-order chi connectivity index (χ1) is 9.69. The lowest BCUT2D eigenvalue weighted by atomic mass is 10.2. The van der Waals surface area contributed by atoms with Gasteiger partial charge in [-0.3, -0.25) is 4.79 Å². The fraction of sp³-hybridized carbons (Fsp3) is 0.0625. The van der Waals surface area contributed by atoms with Crippen molar-refractivity contribution in [2.45, 2.75) is 0 Å². The second-order valence-corrected chi connectivity index (χ2v) is 4.51. The van der Waals surface area contributed by atoms with Crippen LogP contribution in [0.15, 0.2) is 48.5 Å². The Bertz CT molecular complexity index is 662. The van der Waals surface area contributed by atoms with Crippen LogP contribution in [0.25, 0.3) is 0 Å². The average Bonchev–Trinajstić information content (AvgIpc) is 2.48. The van der Waals surface area contributed by atoms with Gasteiger partial charge in [0, 0.05) is 11.3 Å². The number of para-hydroxylation sites is 1. The fourth-order valence-corrected chi connectivity index (χ4v) is 1.84. The summed E-state index contributed by atoms with van der Waals surface area (Å²) in [5.41, 5.74) is 2.16. The van der Waals surface area contributed by atoms with Crippen LogP contribution in [0.4, 0.5) is 11.4 Å². The molecule has 1 amide bonds. The lowest BCUT2D eigenvalue weighted by Gasteiger charge is -2.09. The van der Waals surface area contributed by atoms with Crippen molar-refractivity contribution in [2.24, 2.45) is 0 Å². The molecule has 0 heterocycles. The minimum absolute atomic E-state index is 0.138. The van der Waals surface area contributed by atoms with E-state index >= 15 is 0 Å². The van der Waals surface area contributed by atoms with Gasteiger partial charge in [0.15, 0.2) is 0 Å². The molecular weight excluding hydrogens is 272 g/mol. The van der Waals surface area contributed by atoms with Gasteiger partial charge in [0.05, 0.1) is 17.3 Å². The summed E-state index contributed by atoms with van der Waals surface area (Å²) in [6.45, 7) is 0.138. The van der Waals surface area contributed by atoms with Crippen molar-refractivity contribution in [3.8, 4) is 12.3 Å². The van der Waals surface area contributed by atoms with Crippen molar-refractivity contribution in [1.82, 2.24) is 0 Å². The Balaban J connectivity index is 1.93. The number of terminal acetylenes is 1. The molecule has 2 N–H and O–H groups in total. The molecule has 3 nitrogen and oxygen atoms in total. The van der Waals surface area contributed by atoms with Gasteiger partial charge in [-0.05, 0) is 30.3 Å². The highest BCUT2D eigenvalue weighted by molar-refractivity contribution is 6.33. The summed E-state index contributed by atoms with van der Waals surface area (Å²) in [6.07, 6.45) is 5.32. The predicted octanol–water partition coefficient (Wildman–Crippen LogP) is 3.37. The van der Waals surface area contributed by atoms with Crippen LogP contribution < -0.4 is 10.6 Å². The average molecular weight is 285 g/mol. The first-order valence-electron chi connectivity index (χ1n) is 6.04. The Morgan fingerprint density at radius 3 is 2.75 bits per heavy atom. The van der Waals surface area contributed by atoms with Crippen LogP contribution in [0.3, 0.4) is 0 Å². The van der Waals surface area contributed by atoms with Crippen LogP contribution in [0.1, 0.15) is 5.56 Å². The van der Waals surface area contributed by atoms with Crippen molar-refractivity contribution in [3.63, 3.8) is 0 Å². The number of halogens is 1. The molecule has 0 saturated heterocycles. The van der Waals surface area contributed by atoms with Gasteiger partial charge in [-0.2, -0.15) is 0 Å². The number of carbonyl (C=O) groups is 1. The van der Waals surface area contributed by atoms with Crippen molar-refractivity contribution in [2.75, 3.05) is 17.2 Å². The SMILES string of the molecule is C#Cc1cccc(NCC(=O)Nc2ccccc2Cl)c1. The first kappa shape index (κ1) is 14.0. The molecule has 100 valence electrons. The van der Waals surface area contributed by atoms with Crippen LogP contribution >= 0.6 is 11.6 Å². The molecule has 2 aromatic rings. The number of amides is 1. The Kier molecular flexibility index (Phi) is 4.65. The van der Waals surface area contributed by atoms with Gasteiger partial charge in [-0.1, -0.05) is 35.7 Å². The summed E-state index contributed by atoms with van der Waals surface area (Å²) in [5.74, 6) is 2.37. The van der Waals surface area contributed by atoms with E-state index in [-0.39, 0.29) is 12.5 Å². The van der Waals surface area contributed by atoms with Crippen LogP contribution in [0.5, 0.6) is 0 Å². The second-order valence-electron chi connectivity index (χ2n) is 4.11. The lowest BCUT2D eigenvalue weighted by molar-refractivity contribution is -0.114. The molecule has 0 aliphatic heterocycles. The summed E-state index contributed by atoms with van der Waals surface area (Å²) in [4.78, 5) is 11.8. The van der Waals surface area contributed by atoms with Gasteiger partial charge < -0.3 is 10.6 Å². The maximum atomic E-state index is 11.8. The van der Waals surface area contributed by atoms with E-state index in [9.17, 15) is 4.79 Å². The number of hydrogen-bond donors (Lipinski definition) is 2. The Morgan fingerprint density at radius 1 is 1.20 bits per heavy atom. The third-order valence-electron chi connectivity index (χ3n) is 2.63. The standard InChI is InChI=1S/C16H13ClN2O/c1-2-12-6-5-7-13(10-12)18-11-16(20)19-15-9-4-3-8-14(15)17/h1,3-10,18H,11H2,(H,19,20). The molecular formula is C16H13ClN2O. The van der Waals surface area contributed by atoms with Crippen molar-refractivity contribution >= 4 is 28.9 Å². The van der Waals surface area contributed by atoms with E-state index in [1.165, 1.54) is 0 Å². The minimum Gasteiger partial charge on any atom is -0.376 e. The van der Waals surface area contributed by atoms with E-state index in [0.29, 0.717) is 10.7 Å². The normalized spacial score (nSPS) is 9.60. The molecule has 0 atom stereocenters. The predicted molar refractivity (Wildman–Crippen MR) is 82.9 cm³/mol. The van der Waals surface area contributed by atoms with Crippen molar-refractivity contribution in [1.29, 1.82) is 0 Å². The zero-order valence-corrected chi connectivity index (χ0v) is 11.4. The summed E-state index contributed by atoms with van der Waals surface area (Å²) >= 11 is 5.97. The van der Waals surface area contributed by atoms with Crippen molar-refractivity contribution in [3.05, 3.63) is 59.1 Å². The number of nitrogens with one attached hydrogen (secondary N) is 2. The lowest BCUT2D eigenvalue weighted by Crippen LogP contribution is -2.21. The molecule has 2 aromatic carbocycles. The summed E-state index contributed by atoms with van der Waals surface area (Å²) < 4.78 is 0. The molecule has 0 aliphatic rings. The monoisotopic (exact) mass is 284 g/mol. The Morgan fingerprint density at radius 2 is 2.00 bits per heavy atom. The van der Waals surface area contributed by atoms with E-state index in [4.69, 9.17) is 18.0 Å². The molecule has 2 rings (SSSR count). The number of carbonyl (C=O) groups excluding carboxylic acids is 1. The molecule has 0 radical (unpaired) electrons.